The molecule has 3 heterocycles. The van der Waals surface area contributed by atoms with Crippen LogP contribution in [0.25, 0.3) is 11.3 Å². The summed E-state index contributed by atoms with van der Waals surface area (Å²) in [5.41, 5.74) is 1.86. The van der Waals surface area contributed by atoms with Gasteiger partial charge in [-0.3, -0.25) is 4.98 Å². The highest BCUT2D eigenvalue weighted by atomic mass is 15.3. The molecule has 0 saturated carbocycles. The Labute approximate surface area is 112 Å². The molecule has 0 unspecified atom stereocenters. The molecule has 0 aromatic carbocycles. The van der Waals surface area contributed by atoms with Crippen LogP contribution in [-0.2, 0) is 0 Å². The molecule has 0 bridgehead atoms. The summed E-state index contributed by atoms with van der Waals surface area (Å²) in [5.74, 6) is 0.955. The van der Waals surface area contributed by atoms with E-state index in [2.05, 4.69) is 25.4 Å². The quantitative estimate of drug-likeness (QED) is 0.877. The fraction of sp³-hybridized carbons (Fsp3) is 0.357. The lowest BCUT2D eigenvalue weighted by Crippen LogP contribution is -2.28. The Balaban J connectivity index is 1.78. The molecule has 98 valence electrons. The van der Waals surface area contributed by atoms with Crippen LogP contribution in [0.15, 0.2) is 36.7 Å². The Morgan fingerprint density at radius 1 is 1.05 bits per heavy atom. The highest BCUT2D eigenvalue weighted by Gasteiger charge is 2.11. The molecule has 19 heavy (non-hydrogen) atoms. The van der Waals surface area contributed by atoms with Gasteiger partial charge in [0, 0.05) is 37.6 Å². The molecule has 2 aromatic rings. The van der Waals surface area contributed by atoms with Crippen molar-refractivity contribution < 1.29 is 0 Å². The van der Waals surface area contributed by atoms with Crippen LogP contribution in [-0.4, -0.2) is 41.4 Å². The molecule has 1 aliphatic rings. The van der Waals surface area contributed by atoms with E-state index in [1.807, 2.05) is 24.3 Å². The lowest BCUT2D eigenvalue weighted by molar-refractivity contribution is 0.724. The Bertz CT molecular complexity index is 503. The highest BCUT2D eigenvalue weighted by Crippen LogP contribution is 2.17. The van der Waals surface area contributed by atoms with Gasteiger partial charge < -0.3 is 10.2 Å². The minimum Gasteiger partial charge on any atom is -0.354 e. The van der Waals surface area contributed by atoms with E-state index in [0.717, 1.165) is 49.7 Å². The van der Waals surface area contributed by atoms with E-state index in [4.69, 9.17) is 0 Å². The maximum atomic E-state index is 4.34. The van der Waals surface area contributed by atoms with Gasteiger partial charge in [-0.2, -0.15) is 0 Å². The Hall–Kier alpha value is -2.01. The Morgan fingerprint density at radius 3 is 2.84 bits per heavy atom. The van der Waals surface area contributed by atoms with Crippen molar-refractivity contribution in [3.8, 4) is 11.3 Å². The number of nitrogens with one attached hydrogen (secondary N) is 1. The van der Waals surface area contributed by atoms with Gasteiger partial charge >= 0.3 is 0 Å². The molecule has 5 nitrogen and oxygen atoms in total. The SMILES string of the molecule is c1cncc(-c2ccc(N3CCCNCC3)nn2)c1. The van der Waals surface area contributed by atoms with E-state index in [1.165, 1.54) is 0 Å². The molecule has 0 atom stereocenters. The topological polar surface area (TPSA) is 53.9 Å². The zero-order valence-electron chi connectivity index (χ0n) is 10.8. The summed E-state index contributed by atoms with van der Waals surface area (Å²) in [6, 6.07) is 7.95. The minimum atomic E-state index is 0.866. The van der Waals surface area contributed by atoms with Crippen molar-refractivity contribution in [3.05, 3.63) is 36.7 Å². The third-order valence-corrected chi connectivity index (χ3v) is 3.27. The monoisotopic (exact) mass is 255 g/mol. The minimum absolute atomic E-state index is 0.866. The van der Waals surface area contributed by atoms with E-state index < -0.39 is 0 Å². The highest BCUT2D eigenvalue weighted by molar-refractivity contribution is 5.58. The summed E-state index contributed by atoms with van der Waals surface area (Å²) in [6.45, 7) is 4.11. The number of aromatic nitrogens is 3. The number of hydrogen-bond donors (Lipinski definition) is 1. The molecule has 1 aliphatic heterocycles. The number of pyridine rings is 1. The van der Waals surface area contributed by atoms with Gasteiger partial charge in [-0.05, 0) is 37.2 Å². The van der Waals surface area contributed by atoms with Gasteiger partial charge in [-0.1, -0.05) is 0 Å². The summed E-state index contributed by atoms with van der Waals surface area (Å²) in [5, 5.41) is 12.0. The fourth-order valence-corrected chi connectivity index (χ4v) is 2.24. The van der Waals surface area contributed by atoms with Crippen molar-refractivity contribution in [1.29, 1.82) is 0 Å². The van der Waals surface area contributed by atoms with Crippen molar-refractivity contribution in [2.24, 2.45) is 0 Å². The fourth-order valence-electron chi connectivity index (χ4n) is 2.24. The van der Waals surface area contributed by atoms with Crippen LogP contribution in [0.3, 0.4) is 0 Å². The first-order valence-electron chi connectivity index (χ1n) is 6.63. The average Bonchev–Trinajstić information content (AvgIpc) is 2.77. The summed E-state index contributed by atoms with van der Waals surface area (Å²) >= 11 is 0. The zero-order valence-corrected chi connectivity index (χ0v) is 10.8. The molecule has 1 N–H and O–H groups in total. The first-order chi connectivity index (χ1) is 9.43. The first kappa shape index (κ1) is 12.0. The van der Waals surface area contributed by atoms with E-state index in [1.54, 1.807) is 12.4 Å². The smallest absolute Gasteiger partial charge is 0.151 e. The van der Waals surface area contributed by atoms with Crippen LogP contribution in [0, 0.1) is 0 Å². The molecule has 0 aliphatic carbocycles. The predicted molar refractivity (Wildman–Crippen MR) is 75.0 cm³/mol. The second-order valence-corrected chi connectivity index (χ2v) is 4.61. The van der Waals surface area contributed by atoms with Crippen LogP contribution in [0.5, 0.6) is 0 Å². The summed E-state index contributed by atoms with van der Waals surface area (Å²) in [6.07, 6.45) is 4.71. The zero-order chi connectivity index (χ0) is 12.9. The van der Waals surface area contributed by atoms with Gasteiger partial charge in [0.15, 0.2) is 5.82 Å². The van der Waals surface area contributed by atoms with Crippen molar-refractivity contribution in [2.75, 3.05) is 31.1 Å². The molecule has 0 spiro atoms. The normalized spacial score (nSPS) is 16.1. The lowest BCUT2D eigenvalue weighted by atomic mass is 10.2. The van der Waals surface area contributed by atoms with E-state index in [0.29, 0.717) is 0 Å². The molecule has 1 fully saturated rings. The summed E-state index contributed by atoms with van der Waals surface area (Å²) < 4.78 is 0. The van der Waals surface area contributed by atoms with E-state index >= 15 is 0 Å². The first-order valence-corrected chi connectivity index (χ1v) is 6.63. The van der Waals surface area contributed by atoms with E-state index in [-0.39, 0.29) is 0 Å². The van der Waals surface area contributed by atoms with Gasteiger partial charge in [0.2, 0.25) is 0 Å². The molecule has 0 radical (unpaired) electrons. The third kappa shape index (κ3) is 2.88. The molecule has 1 saturated heterocycles. The lowest BCUT2D eigenvalue weighted by Gasteiger charge is -2.20. The Kier molecular flexibility index (Phi) is 3.65. The Morgan fingerprint density at radius 2 is 2.05 bits per heavy atom. The number of hydrogen-bond acceptors (Lipinski definition) is 5. The second kappa shape index (κ2) is 5.75. The summed E-state index contributed by atoms with van der Waals surface area (Å²) in [4.78, 5) is 6.38. The predicted octanol–water partition coefficient (Wildman–Crippen LogP) is 1.34. The number of anilines is 1. The van der Waals surface area contributed by atoms with Crippen LogP contribution in [0.2, 0.25) is 0 Å². The van der Waals surface area contributed by atoms with Crippen molar-refractivity contribution >= 4 is 5.82 Å². The van der Waals surface area contributed by atoms with Crippen molar-refractivity contribution in [1.82, 2.24) is 20.5 Å². The van der Waals surface area contributed by atoms with Crippen molar-refractivity contribution in [2.45, 2.75) is 6.42 Å². The average molecular weight is 255 g/mol. The van der Waals surface area contributed by atoms with Crippen LogP contribution >= 0.6 is 0 Å². The molecule has 2 aromatic heterocycles. The molecule has 0 amide bonds. The largest absolute Gasteiger partial charge is 0.354 e. The van der Waals surface area contributed by atoms with E-state index in [9.17, 15) is 0 Å². The number of nitrogens with zero attached hydrogens (tertiary/aromatic N) is 4. The maximum absolute atomic E-state index is 4.34. The van der Waals surface area contributed by atoms with Crippen molar-refractivity contribution in [3.63, 3.8) is 0 Å². The van der Waals surface area contributed by atoms with Gasteiger partial charge in [0.05, 0.1) is 5.69 Å². The standard InChI is InChI=1S/C14H17N5/c1-3-12(11-16-6-1)13-4-5-14(18-17-13)19-9-2-7-15-8-10-19/h1,3-6,11,15H,2,7-10H2. The van der Waals surface area contributed by atoms with Crippen LogP contribution < -0.4 is 10.2 Å². The van der Waals surface area contributed by atoms with Crippen LogP contribution in [0.4, 0.5) is 5.82 Å². The van der Waals surface area contributed by atoms with Gasteiger partial charge in [0.1, 0.15) is 0 Å². The molecular formula is C14H17N5. The molecule has 5 heteroatoms. The molecule has 3 rings (SSSR count). The third-order valence-electron chi connectivity index (χ3n) is 3.27. The second-order valence-electron chi connectivity index (χ2n) is 4.61. The van der Waals surface area contributed by atoms with Gasteiger partial charge in [-0.15, -0.1) is 10.2 Å². The maximum Gasteiger partial charge on any atom is 0.151 e. The van der Waals surface area contributed by atoms with Gasteiger partial charge in [-0.25, -0.2) is 0 Å². The summed E-state index contributed by atoms with van der Waals surface area (Å²) in [7, 11) is 0. The number of rotatable bonds is 2. The molecular weight excluding hydrogens is 238 g/mol. The van der Waals surface area contributed by atoms with Crippen LogP contribution in [0.1, 0.15) is 6.42 Å². The van der Waals surface area contributed by atoms with Gasteiger partial charge in [0.25, 0.3) is 0 Å².